The lowest BCUT2D eigenvalue weighted by Crippen LogP contribution is -2.56. The molecule has 1 aliphatic rings. The fourth-order valence-corrected chi connectivity index (χ4v) is 2.35. The van der Waals surface area contributed by atoms with Crippen molar-refractivity contribution in [3.63, 3.8) is 0 Å². The molecule has 3 N–H and O–H groups in total. The van der Waals surface area contributed by atoms with Gasteiger partial charge in [0, 0.05) is 6.42 Å². The lowest BCUT2D eigenvalue weighted by atomic mass is 10.0. The SMILES string of the molecule is Cc1ccc(C2=NN(C(N)=O)C(O)(C(Cl)(Cl)Cl)C2)cc1. The number of amides is 2. The van der Waals surface area contributed by atoms with Crippen molar-refractivity contribution in [2.45, 2.75) is 22.9 Å². The van der Waals surface area contributed by atoms with Crippen molar-refractivity contribution in [1.82, 2.24) is 5.01 Å². The van der Waals surface area contributed by atoms with Crippen LogP contribution in [0.2, 0.25) is 0 Å². The second-order valence-electron chi connectivity index (χ2n) is 4.55. The fraction of sp³-hybridized carbons (Fsp3) is 0.333. The van der Waals surface area contributed by atoms with Crippen molar-refractivity contribution in [1.29, 1.82) is 0 Å². The molecule has 0 aromatic heterocycles. The van der Waals surface area contributed by atoms with E-state index in [2.05, 4.69) is 5.10 Å². The van der Waals surface area contributed by atoms with E-state index in [1.165, 1.54) is 0 Å². The Hall–Kier alpha value is -1.01. The number of hydrazone groups is 1. The topological polar surface area (TPSA) is 78.9 Å². The zero-order chi connectivity index (χ0) is 15.1. The van der Waals surface area contributed by atoms with Gasteiger partial charge < -0.3 is 10.8 Å². The number of nitrogens with two attached hydrogens (primary N) is 1. The molecule has 0 bridgehead atoms. The van der Waals surface area contributed by atoms with Gasteiger partial charge in [-0.3, -0.25) is 0 Å². The standard InChI is InChI=1S/C12H12Cl3N3O2/c1-7-2-4-8(5-3-7)9-6-11(20,12(13,14)15)18(17-9)10(16)19/h2-5,20H,6H2,1H3,(H2,16,19). The molecule has 1 heterocycles. The Kier molecular flexibility index (Phi) is 3.90. The summed E-state index contributed by atoms with van der Waals surface area (Å²) in [7, 11) is 0. The van der Waals surface area contributed by atoms with Gasteiger partial charge >= 0.3 is 6.03 Å². The molecule has 0 radical (unpaired) electrons. The van der Waals surface area contributed by atoms with Crippen molar-refractivity contribution in [3.05, 3.63) is 35.4 Å². The maximum Gasteiger partial charge on any atom is 0.338 e. The smallest absolute Gasteiger partial charge is 0.338 e. The minimum Gasteiger partial charge on any atom is -0.365 e. The molecule has 2 amide bonds. The number of halogens is 3. The summed E-state index contributed by atoms with van der Waals surface area (Å²) in [5.74, 6) is 0. The highest BCUT2D eigenvalue weighted by atomic mass is 35.6. The summed E-state index contributed by atoms with van der Waals surface area (Å²) in [4.78, 5) is 11.4. The molecule has 1 atom stereocenters. The van der Waals surface area contributed by atoms with E-state index >= 15 is 0 Å². The van der Waals surface area contributed by atoms with E-state index in [9.17, 15) is 9.90 Å². The molecule has 8 heteroatoms. The number of rotatable bonds is 1. The molecule has 0 spiro atoms. The summed E-state index contributed by atoms with van der Waals surface area (Å²) in [5.41, 5.74) is 5.27. The Morgan fingerprint density at radius 3 is 2.35 bits per heavy atom. The number of alkyl halides is 3. The monoisotopic (exact) mass is 335 g/mol. The van der Waals surface area contributed by atoms with E-state index in [1.54, 1.807) is 12.1 Å². The maximum atomic E-state index is 11.4. The number of carbonyl (C=O) groups is 1. The maximum absolute atomic E-state index is 11.4. The van der Waals surface area contributed by atoms with Gasteiger partial charge in [-0.05, 0) is 12.5 Å². The molecule has 1 unspecified atom stereocenters. The molecular weight excluding hydrogens is 325 g/mol. The van der Waals surface area contributed by atoms with Crippen LogP contribution < -0.4 is 5.73 Å². The van der Waals surface area contributed by atoms with Crippen LogP contribution in [0.1, 0.15) is 17.5 Å². The van der Waals surface area contributed by atoms with Gasteiger partial charge in [-0.1, -0.05) is 64.6 Å². The number of benzene rings is 1. The first-order valence-corrected chi connectivity index (χ1v) is 6.82. The van der Waals surface area contributed by atoms with Crippen LogP contribution >= 0.6 is 34.8 Å². The minimum atomic E-state index is -2.14. The van der Waals surface area contributed by atoms with E-state index in [0.717, 1.165) is 5.56 Å². The summed E-state index contributed by atoms with van der Waals surface area (Å²) in [6.45, 7) is 1.94. The molecule has 0 aliphatic carbocycles. The number of nitrogens with zero attached hydrogens (tertiary/aromatic N) is 2. The van der Waals surface area contributed by atoms with Crippen molar-refractivity contribution >= 4 is 46.5 Å². The van der Waals surface area contributed by atoms with Gasteiger partial charge in [-0.25, -0.2) is 4.79 Å². The van der Waals surface area contributed by atoms with Gasteiger partial charge in [0.1, 0.15) is 0 Å². The predicted octanol–water partition coefficient (Wildman–Crippen LogP) is 2.54. The third-order valence-corrected chi connectivity index (χ3v) is 3.94. The number of carbonyl (C=O) groups excluding carboxylic acids is 1. The molecule has 0 fully saturated rings. The summed E-state index contributed by atoms with van der Waals surface area (Å²) < 4.78 is -2.14. The van der Waals surface area contributed by atoms with Crippen LogP contribution in [0.4, 0.5) is 4.79 Å². The Morgan fingerprint density at radius 2 is 1.95 bits per heavy atom. The average molecular weight is 337 g/mol. The van der Waals surface area contributed by atoms with Crippen LogP contribution in [0, 0.1) is 6.92 Å². The Labute approximate surface area is 130 Å². The Morgan fingerprint density at radius 1 is 1.40 bits per heavy atom. The zero-order valence-electron chi connectivity index (χ0n) is 10.5. The van der Waals surface area contributed by atoms with Crippen molar-refractivity contribution in [2.24, 2.45) is 10.8 Å². The number of urea groups is 1. The highest BCUT2D eigenvalue weighted by Crippen LogP contribution is 2.46. The van der Waals surface area contributed by atoms with Gasteiger partial charge in [0.15, 0.2) is 0 Å². The van der Waals surface area contributed by atoms with Crippen LogP contribution in [0.15, 0.2) is 29.4 Å². The van der Waals surface area contributed by atoms with Crippen LogP contribution in [0.25, 0.3) is 0 Å². The van der Waals surface area contributed by atoms with Crippen LogP contribution in [-0.4, -0.2) is 31.4 Å². The first kappa shape index (κ1) is 15.4. The first-order valence-electron chi connectivity index (χ1n) is 5.68. The fourth-order valence-electron chi connectivity index (χ4n) is 1.90. The molecule has 0 saturated heterocycles. The third-order valence-electron chi connectivity index (χ3n) is 3.03. The van der Waals surface area contributed by atoms with E-state index in [4.69, 9.17) is 40.5 Å². The minimum absolute atomic E-state index is 0.129. The van der Waals surface area contributed by atoms with Gasteiger partial charge in [-0.2, -0.15) is 10.1 Å². The molecule has 1 aromatic rings. The molecular formula is C12H12Cl3N3O2. The molecule has 20 heavy (non-hydrogen) atoms. The molecule has 108 valence electrons. The zero-order valence-corrected chi connectivity index (χ0v) is 12.7. The van der Waals surface area contributed by atoms with Crippen molar-refractivity contribution in [3.8, 4) is 0 Å². The van der Waals surface area contributed by atoms with Gasteiger partial charge in [0.25, 0.3) is 0 Å². The molecule has 5 nitrogen and oxygen atoms in total. The van der Waals surface area contributed by atoms with Crippen LogP contribution in [0.3, 0.4) is 0 Å². The highest BCUT2D eigenvalue weighted by Gasteiger charge is 2.57. The predicted molar refractivity (Wildman–Crippen MR) is 79.0 cm³/mol. The second-order valence-corrected chi connectivity index (χ2v) is 6.84. The summed E-state index contributed by atoms with van der Waals surface area (Å²) in [6, 6.07) is 6.36. The van der Waals surface area contributed by atoms with Gasteiger partial charge in [0.2, 0.25) is 9.52 Å². The van der Waals surface area contributed by atoms with E-state index < -0.39 is 15.5 Å². The quantitative estimate of drug-likeness (QED) is 0.773. The normalized spacial score (nSPS) is 22.9. The Balaban J connectivity index is 2.42. The van der Waals surface area contributed by atoms with Crippen molar-refractivity contribution in [2.75, 3.05) is 0 Å². The first-order chi connectivity index (χ1) is 9.15. The second kappa shape index (κ2) is 5.07. The number of hydrogen-bond donors (Lipinski definition) is 2. The number of hydrogen-bond acceptors (Lipinski definition) is 3. The molecule has 0 saturated carbocycles. The summed E-state index contributed by atoms with van der Waals surface area (Å²) in [6.07, 6.45) is -0.129. The summed E-state index contributed by atoms with van der Waals surface area (Å²) in [5, 5.41) is 15.0. The van der Waals surface area contributed by atoms with Gasteiger partial charge in [-0.15, -0.1) is 0 Å². The van der Waals surface area contributed by atoms with E-state index in [0.29, 0.717) is 16.3 Å². The largest absolute Gasteiger partial charge is 0.365 e. The highest BCUT2D eigenvalue weighted by molar-refractivity contribution is 6.68. The molecule has 1 aromatic carbocycles. The van der Waals surface area contributed by atoms with E-state index in [-0.39, 0.29) is 6.42 Å². The third kappa shape index (κ3) is 2.59. The summed E-state index contributed by atoms with van der Waals surface area (Å²) >= 11 is 17.3. The molecule has 2 rings (SSSR count). The molecule has 1 aliphatic heterocycles. The number of aryl methyl sites for hydroxylation is 1. The Bertz CT molecular complexity index is 568. The number of primary amides is 1. The van der Waals surface area contributed by atoms with E-state index in [1.807, 2.05) is 19.1 Å². The van der Waals surface area contributed by atoms with Gasteiger partial charge in [0.05, 0.1) is 5.71 Å². The lowest BCUT2D eigenvalue weighted by Gasteiger charge is -2.35. The average Bonchev–Trinajstić information content (AvgIpc) is 2.69. The van der Waals surface area contributed by atoms with Crippen molar-refractivity contribution < 1.29 is 9.90 Å². The van der Waals surface area contributed by atoms with Crippen LogP contribution in [-0.2, 0) is 0 Å². The number of aliphatic hydroxyl groups is 1. The lowest BCUT2D eigenvalue weighted by molar-refractivity contribution is -0.0582. The van der Waals surface area contributed by atoms with Crippen LogP contribution in [0.5, 0.6) is 0 Å².